The van der Waals surface area contributed by atoms with E-state index in [1.807, 2.05) is 6.08 Å². The monoisotopic (exact) mass is 413 g/mol. The first-order valence-electron chi connectivity index (χ1n) is 7.90. The molecular formula is C21H20BrP2+. The van der Waals surface area contributed by atoms with Crippen LogP contribution in [0.25, 0.3) is 0 Å². The van der Waals surface area contributed by atoms with Gasteiger partial charge in [-0.15, -0.1) is 6.58 Å². The van der Waals surface area contributed by atoms with Gasteiger partial charge >= 0.3 is 0 Å². The first-order chi connectivity index (χ1) is 11.8. The van der Waals surface area contributed by atoms with Gasteiger partial charge in [-0.3, -0.25) is 0 Å². The second-order valence-corrected chi connectivity index (χ2v) is 16.8. The zero-order valence-corrected chi connectivity index (χ0v) is 16.8. The molecule has 0 bridgehead atoms. The molecule has 0 aliphatic rings. The number of benzene rings is 3. The largest absolute Gasteiger partial charge is 0.144 e. The summed E-state index contributed by atoms with van der Waals surface area (Å²) < 4.78 is 0. The molecule has 0 fully saturated rings. The Morgan fingerprint density at radius 3 is 1.33 bits per heavy atom. The third kappa shape index (κ3) is 3.27. The summed E-state index contributed by atoms with van der Waals surface area (Å²) in [6.45, 7) is 2.25. The van der Waals surface area contributed by atoms with Crippen LogP contribution in [0, 0.1) is 0 Å². The minimum atomic E-state index is -1.75. The van der Waals surface area contributed by atoms with Crippen LogP contribution in [0.1, 0.15) is 0 Å². The van der Waals surface area contributed by atoms with Crippen LogP contribution >= 0.6 is 28.8 Å². The number of allylic oxidation sites excluding steroid dienone is 1. The fourth-order valence-corrected chi connectivity index (χ4v) is 17.0. The normalized spacial score (nSPS) is 12.5. The zero-order chi connectivity index (χ0) is 16.8. The molecule has 0 heterocycles. The fraction of sp³-hybridized carbons (Fsp3) is 0.0476. The van der Waals surface area contributed by atoms with E-state index in [-0.39, 0.29) is 0 Å². The molecular weight excluding hydrogens is 394 g/mol. The van der Waals surface area contributed by atoms with Crippen molar-refractivity contribution in [2.75, 3.05) is 6.16 Å². The molecule has 0 spiro atoms. The highest BCUT2D eigenvalue weighted by Crippen LogP contribution is 2.84. The van der Waals surface area contributed by atoms with Gasteiger partial charge in [-0.2, -0.15) is 0 Å². The predicted octanol–water partition coefficient (Wildman–Crippen LogP) is 5.87. The third-order valence-electron chi connectivity index (χ3n) is 3.99. The van der Waals surface area contributed by atoms with Crippen molar-refractivity contribution in [1.82, 2.24) is 0 Å². The van der Waals surface area contributed by atoms with Crippen LogP contribution in [0.2, 0.25) is 0 Å². The summed E-state index contributed by atoms with van der Waals surface area (Å²) in [6, 6.07) is 32.9. The van der Waals surface area contributed by atoms with Crippen molar-refractivity contribution in [2.45, 2.75) is 0 Å². The molecule has 0 saturated heterocycles. The minimum absolute atomic E-state index is 0.452. The molecule has 3 rings (SSSR count). The van der Waals surface area contributed by atoms with Gasteiger partial charge in [-0.05, 0) is 51.9 Å². The molecule has 0 saturated carbocycles. The van der Waals surface area contributed by atoms with E-state index < -0.39 is 13.3 Å². The lowest BCUT2D eigenvalue weighted by Gasteiger charge is -2.30. The van der Waals surface area contributed by atoms with E-state index in [0.717, 1.165) is 6.16 Å². The van der Waals surface area contributed by atoms with Crippen LogP contribution in [-0.4, -0.2) is 6.16 Å². The van der Waals surface area contributed by atoms with Crippen molar-refractivity contribution < 1.29 is 0 Å². The standard InChI is InChI=1S/C21H20BrP2/c1-2-18-23(22)24(19-12-6-3-7-13-19,20-14-8-4-9-15-20)21-16-10-5-11-17-21/h2-17H,1,18H2/q+1. The molecule has 0 amide bonds. The Kier molecular flexibility index (Phi) is 6.01. The van der Waals surface area contributed by atoms with Crippen LogP contribution < -0.4 is 15.9 Å². The number of rotatable bonds is 6. The highest BCUT2D eigenvalue weighted by Gasteiger charge is 2.51. The molecule has 0 aromatic heterocycles. The van der Waals surface area contributed by atoms with Gasteiger partial charge in [0.15, 0.2) is 0 Å². The minimum Gasteiger partial charge on any atom is -0.103 e. The molecule has 0 radical (unpaired) electrons. The highest BCUT2D eigenvalue weighted by molar-refractivity contribution is 9.46. The van der Waals surface area contributed by atoms with Gasteiger partial charge in [0.05, 0.1) is 0 Å². The predicted molar refractivity (Wildman–Crippen MR) is 116 cm³/mol. The quantitative estimate of drug-likeness (QED) is 0.350. The maximum Gasteiger partial charge on any atom is 0.144 e. The van der Waals surface area contributed by atoms with Crippen molar-refractivity contribution >= 4 is 44.7 Å². The average molecular weight is 414 g/mol. The second kappa shape index (κ2) is 8.21. The summed E-state index contributed by atoms with van der Waals surface area (Å²) in [6.07, 6.45) is 2.58. The van der Waals surface area contributed by atoms with E-state index in [1.165, 1.54) is 15.9 Å². The second-order valence-electron chi connectivity index (χ2n) is 5.45. The first kappa shape index (κ1) is 17.6. The molecule has 0 aliphatic carbocycles. The van der Waals surface area contributed by atoms with E-state index in [1.54, 1.807) is 0 Å². The van der Waals surface area contributed by atoms with Gasteiger partial charge in [0, 0.05) is 6.16 Å². The van der Waals surface area contributed by atoms with Gasteiger partial charge in [0.1, 0.15) is 29.2 Å². The maximum atomic E-state index is 4.11. The lowest BCUT2D eigenvalue weighted by atomic mass is 10.4. The Hall–Kier alpha value is -1.26. The molecule has 1 unspecified atom stereocenters. The fourth-order valence-electron chi connectivity index (χ4n) is 2.98. The Morgan fingerprint density at radius 2 is 1.04 bits per heavy atom. The van der Waals surface area contributed by atoms with E-state index in [9.17, 15) is 0 Å². The number of hydrogen-bond donors (Lipinski definition) is 0. The summed E-state index contributed by atoms with van der Waals surface area (Å²) >= 11 is 4.11. The molecule has 1 atom stereocenters. The van der Waals surface area contributed by atoms with Crippen molar-refractivity contribution in [3.63, 3.8) is 0 Å². The SMILES string of the molecule is C=CCP(Br)[P+](c1ccccc1)(c1ccccc1)c1ccccc1. The Balaban J connectivity index is 2.35. The Bertz CT molecular complexity index is 676. The van der Waals surface area contributed by atoms with Gasteiger partial charge in [0.2, 0.25) is 0 Å². The highest BCUT2D eigenvalue weighted by atomic mass is 79.9. The van der Waals surface area contributed by atoms with Gasteiger partial charge in [-0.25, -0.2) is 0 Å². The Morgan fingerprint density at radius 1 is 0.708 bits per heavy atom. The molecule has 0 aliphatic heterocycles. The van der Waals surface area contributed by atoms with Crippen molar-refractivity contribution in [2.24, 2.45) is 0 Å². The van der Waals surface area contributed by atoms with Crippen molar-refractivity contribution in [3.8, 4) is 0 Å². The van der Waals surface area contributed by atoms with Crippen molar-refractivity contribution in [1.29, 1.82) is 0 Å². The van der Waals surface area contributed by atoms with Crippen LogP contribution in [0.15, 0.2) is 104 Å². The molecule has 24 heavy (non-hydrogen) atoms. The first-order valence-corrected chi connectivity index (χ1v) is 13.9. The Labute approximate surface area is 154 Å². The van der Waals surface area contributed by atoms with Gasteiger partial charge in [-0.1, -0.05) is 60.7 Å². The van der Waals surface area contributed by atoms with Crippen LogP contribution in [0.5, 0.6) is 0 Å². The molecule has 120 valence electrons. The van der Waals surface area contributed by atoms with E-state index in [2.05, 4.69) is 113 Å². The summed E-state index contributed by atoms with van der Waals surface area (Å²) in [5.41, 5.74) is 0. The molecule has 0 nitrogen and oxygen atoms in total. The smallest absolute Gasteiger partial charge is 0.103 e. The van der Waals surface area contributed by atoms with Crippen LogP contribution in [0.4, 0.5) is 0 Å². The number of hydrogen-bond acceptors (Lipinski definition) is 0. The van der Waals surface area contributed by atoms with E-state index in [4.69, 9.17) is 0 Å². The van der Waals surface area contributed by atoms with E-state index in [0.29, 0.717) is 0 Å². The lowest BCUT2D eigenvalue weighted by molar-refractivity contribution is 1.73. The van der Waals surface area contributed by atoms with Crippen LogP contribution in [0.3, 0.4) is 0 Å². The van der Waals surface area contributed by atoms with E-state index >= 15 is 0 Å². The topological polar surface area (TPSA) is 0 Å². The maximum absolute atomic E-state index is 4.11. The molecule has 3 aromatic carbocycles. The summed E-state index contributed by atoms with van der Waals surface area (Å²) in [5, 5.41) is 4.27. The zero-order valence-electron chi connectivity index (χ0n) is 13.4. The lowest BCUT2D eigenvalue weighted by Crippen LogP contribution is -2.29. The summed E-state index contributed by atoms with van der Waals surface area (Å²) in [5.74, 6) is 0. The number of halogens is 1. The molecule has 3 aromatic rings. The summed E-state index contributed by atoms with van der Waals surface area (Å²) in [7, 11) is 0. The van der Waals surface area contributed by atoms with Crippen LogP contribution in [-0.2, 0) is 0 Å². The van der Waals surface area contributed by atoms with Crippen molar-refractivity contribution in [3.05, 3.63) is 104 Å². The summed E-state index contributed by atoms with van der Waals surface area (Å²) in [4.78, 5) is 0. The molecule has 0 N–H and O–H groups in total. The average Bonchev–Trinajstić information content (AvgIpc) is 2.65. The molecule has 3 heteroatoms. The van der Waals surface area contributed by atoms with Gasteiger partial charge < -0.3 is 0 Å². The van der Waals surface area contributed by atoms with Gasteiger partial charge in [0.25, 0.3) is 0 Å². The third-order valence-corrected chi connectivity index (χ3v) is 18.0.